The van der Waals surface area contributed by atoms with Crippen LogP contribution in [0.25, 0.3) is 0 Å². The summed E-state index contributed by atoms with van der Waals surface area (Å²) in [6.07, 6.45) is -0.817. The Balaban J connectivity index is 2.95. The topological polar surface area (TPSA) is 47.6 Å². The minimum absolute atomic E-state index is 0.261. The van der Waals surface area contributed by atoms with Gasteiger partial charge in [0.25, 0.3) is 0 Å². The first-order valence-electron chi connectivity index (χ1n) is 4.61. The lowest BCUT2D eigenvalue weighted by Gasteiger charge is -2.13. The second-order valence-corrected chi connectivity index (χ2v) is 3.02. The van der Waals surface area contributed by atoms with Gasteiger partial charge in [-0.2, -0.15) is 0 Å². The van der Waals surface area contributed by atoms with Crippen molar-refractivity contribution < 1.29 is 19.3 Å². The average molecular weight is 211 g/mol. The van der Waals surface area contributed by atoms with Gasteiger partial charge in [0.1, 0.15) is 0 Å². The van der Waals surface area contributed by atoms with Crippen LogP contribution in [0.3, 0.4) is 0 Å². The first-order valence-corrected chi connectivity index (χ1v) is 4.61. The van der Waals surface area contributed by atoms with Gasteiger partial charge >= 0.3 is 0 Å². The molecule has 0 spiro atoms. The Labute approximate surface area is 89.4 Å². The number of hydrogen-bond donors (Lipinski definition) is 0. The summed E-state index contributed by atoms with van der Waals surface area (Å²) in [4.78, 5) is 0. The van der Waals surface area contributed by atoms with E-state index in [1.807, 2.05) is 12.1 Å². The molecule has 4 heteroatoms. The molecular weight excluding hydrogens is 196 g/mol. The summed E-state index contributed by atoms with van der Waals surface area (Å²) in [6, 6.07) is 5.43. The molecular formula is C11H15O4. The van der Waals surface area contributed by atoms with E-state index in [0.29, 0.717) is 11.5 Å². The molecule has 0 aliphatic carbocycles. The standard InChI is InChI=1S/C11H15O4/c1-13-9-6-4-5-8(11(9)15-3)7-10(12)14-2/h4-6,10H,7H2,1-3H3. The Morgan fingerprint density at radius 3 is 2.47 bits per heavy atom. The van der Waals surface area contributed by atoms with E-state index in [9.17, 15) is 5.11 Å². The van der Waals surface area contributed by atoms with Crippen LogP contribution in [0, 0.1) is 0 Å². The number of ether oxygens (including phenoxy) is 3. The molecule has 1 atom stereocenters. The van der Waals surface area contributed by atoms with Crippen LogP contribution in [0.4, 0.5) is 0 Å². The fourth-order valence-electron chi connectivity index (χ4n) is 1.38. The van der Waals surface area contributed by atoms with Crippen LogP contribution in [-0.2, 0) is 16.3 Å². The lowest BCUT2D eigenvalue weighted by Crippen LogP contribution is -2.11. The Morgan fingerprint density at radius 1 is 1.20 bits per heavy atom. The van der Waals surface area contributed by atoms with E-state index in [2.05, 4.69) is 4.74 Å². The van der Waals surface area contributed by atoms with Crippen LogP contribution in [0.15, 0.2) is 18.2 Å². The van der Waals surface area contributed by atoms with Gasteiger partial charge in [-0.05, 0) is 6.07 Å². The highest BCUT2D eigenvalue weighted by molar-refractivity contribution is 5.46. The zero-order valence-electron chi connectivity index (χ0n) is 9.15. The van der Waals surface area contributed by atoms with Gasteiger partial charge in [0, 0.05) is 19.1 Å². The van der Waals surface area contributed by atoms with E-state index < -0.39 is 6.29 Å². The molecule has 4 nitrogen and oxygen atoms in total. The molecule has 1 unspecified atom stereocenters. The first-order chi connectivity index (χ1) is 7.22. The van der Waals surface area contributed by atoms with Crippen molar-refractivity contribution in [1.82, 2.24) is 0 Å². The van der Waals surface area contributed by atoms with Crippen molar-refractivity contribution in [1.29, 1.82) is 0 Å². The molecule has 0 bridgehead atoms. The highest BCUT2D eigenvalue weighted by Gasteiger charge is 2.13. The molecule has 83 valence electrons. The Kier molecular flexibility index (Phi) is 4.39. The van der Waals surface area contributed by atoms with Crippen LogP contribution in [-0.4, -0.2) is 27.6 Å². The van der Waals surface area contributed by atoms with Crippen LogP contribution in [0.5, 0.6) is 11.5 Å². The van der Waals surface area contributed by atoms with Crippen molar-refractivity contribution in [3.05, 3.63) is 23.8 Å². The summed E-state index contributed by atoms with van der Waals surface area (Å²) in [7, 11) is 4.50. The Morgan fingerprint density at radius 2 is 1.93 bits per heavy atom. The highest BCUT2D eigenvalue weighted by atomic mass is 16.6. The van der Waals surface area contributed by atoms with E-state index in [-0.39, 0.29) is 6.42 Å². The molecule has 1 radical (unpaired) electrons. The molecule has 0 saturated heterocycles. The molecule has 0 aromatic heterocycles. The van der Waals surface area contributed by atoms with E-state index in [1.54, 1.807) is 20.3 Å². The predicted octanol–water partition coefficient (Wildman–Crippen LogP) is 1.65. The molecule has 1 rings (SSSR count). The average Bonchev–Trinajstić information content (AvgIpc) is 2.28. The number of para-hydroxylation sites is 1. The van der Waals surface area contributed by atoms with Crippen LogP contribution in [0.2, 0.25) is 0 Å². The van der Waals surface area contributed by atoms with E-state index >= 15 is 0 Å². The third-order valence-corrected chi connectivity index (χ3v) is 2.13. The summed E-state index contributed by atoms with van der Waals surface area (Å²) in [5.74, 6) is 1.22. The number of methoxy groups -OCH3 is 3. The number of benzene rings is 1. The molecule has 0 amide bonds. The summed E-state index contributed by atoms with van der Waals surface area (Å²) in [6.45, 7) is 0. The minimum atomic E-state index is -1.08. The summed E-state index contributed by atoms with van der Waals surface area (Å²) >= 11 is 0. The zero-order chi connectivity index (χ0) is 11.3. The van der Waals surface area contributed by atoms with E-state index in [4.69, 9.17) is 9.47 Å². The quantitative estimate of drug-likeness (QED) is 0.696. The van der Waals surface area contributed by atoms with Crippen molar-refractivity contribution in [3.63, 3.8) is 0 Å². The lowest BCUT2D eigenvalue weighted by molar-refractivity contribution is -0.117. The van der Waals surface area contributed by atoms with Gasteiger partial charge in [-0.1, -0.05) is 12.1 Å². The van der Waals surface area contributed by atoms with Crippen LogP contribution < -0.4 is 9.47 Å². The molecule has 1 aromatic carbocycles. The van der Waals surface area contributed by atoms with Gasteiger partial charge in [-0.15, -0.1) is 0 Å². The third kappa shape index (κ3) is 2.84. The Hall–Kier alpha value is -1.26. The molecule has 0 heterocycles. The molecule has 0 aliphatic heterocycles. The lowest BCUT2D eigenvalue weighted by atomic mass is 10.1. The predicted molar refractivity (Wildman–Crippen MR) is 54.7 cm³/mol. The highest BCUT2D eigenvalue weighted by Crippen LogP contribution is 2.31. The second kappa shape index (κ2) is 5.58. The van der Waals surface area contributed by atoms with Crippen molar-refractivity contribution in [3.8, 4) is 11.5 Å². The van der Waals surface area contributed by atoms with Gasteiger partial charge in [0.2, 0.25) is 0 Å². The smallest absolute Gasteiger partial charge is 0.195 e. The normalized spacial score (nSPS) is 12.3. The first kappa shape index (κ1) is 11.8. The minimum Gasteiger partial charge on any atom is -0.493 e. The largest absolute Gasteiger partial charge is 0.493 e. The molecule has 0 N–H and O–H groups in total. The van der Waals surface area contributed by atoms with Gasteiger partial charge < -0.3 is 14.2 Å². The van der Waals surface area contributed by atoms with E-state index in [1.165, 1.54) is 7.11 Å². The molecule has 1 aromatic rings. The molecule has 0 fully saturated rings. The van der Waals surface area contributed by atoms with Gasteiger partial charge in [-0.25, -0.2) is 5.11 Å². The number of hydrogen-bond acceptors (Lipinski definition) is 3. The van der Waals surface area contributed by atoms with Gasteiger partial charge in [-0.3, -0.25) is 0 Å². The summed E-state index contributed by atoms with van der Waals surface area (Å²) < 4.78 is 15.0. The van der Waals surface area contributed by atoms with Crippen molar-refractivity contribution in [2.75, 3.05) is 21.3 Å². The fraction of sp³-hybridized carbons (Fsp3) is 0.455. The monoisotopic (exact) mass is 211 g/mol. The van der Waals surface area contributed by atoms with Crippen molar-refractivity contribution >= 4 is 0 Å². The van der Waals surface area contributed by atoms with Gasteiger partial charge in [0.05, 0.1) is 14.2 Å². The van der Waals surface area contributed by atoms with E-state index in [0.717, 1.165) is 5.56 Å². The molecule has 0 saturated carbocycles. The second-order valence-electron chi connectivity index (χ2n) is 3.02. The maximum Gasteiger partial charge on any atom is 0.195 e. The zero-order valence-corrected chi connectivity index (χ0v) is 9.15. The fourth-order valence-corrected chi connectivity index (χ4v) is 1.38. The van der Waals surface area contributed by atoms with Crippen LogP contribution in [0.1, 0.15) is 5.56 Å². The maximum absolute atomic E-state index is 11.2. The number of rotatable bonds is 5. The SMILES string of the molecule is COc1cccc(CC([O])OC)c1OC. The summed E-state index contributed by atoms with van der Waals surface area (Å²) in [5.41, 5.74) is 0.790. The third-order valence-electron chi connectivity index (χ3n) is 2.13. The summed E-state index contributed by atoms with van der Waals surface area (Å²) in [5, 5.41) is 11.2. The van der Waals surface area contributed by atoms with Crippen molar-refractivity contribution in [2.45, 2.75) is 12.7 Å². The van der Waals surface area contributed by atoms with Crippen LogP contribution >= 0.6 is 0 Å². The Bertz CT molecular complexity index is 311. The molecule has 15 heavy (non-hydrogen) atoms. The van der Waals surface area contributed by atoms with Gasteiger partial charge in [0.15, 0.2) is 17.8 Å². The maximum atomic E-state index is 11.2. The van der Waals surface area contributed by atoms with Crippen molar-refractivity contribution in [2.24, 2.45) is 0 Å². The molecule has 0 aliphatic rings.